The van der Waals surface area contributed by atoms with Gasteiger partial charge >= 0.3 is 0 Å². The number of hydrogen-bond donors (Lipinski definition) is 1. The van der Waals surface area contributed by atoms with Crippen LogP contribution in [0.25, 0.3) is 0 Å². The zero-order chi connectivity index (χ0) is 22.5. The van der Waals surface area contributed by atoms with Gasteiger partial charge in [-0.1, -0.05) is 24.3 Å². The van der Waals surface area contributed by atoms with E-state index in [9.17, 15) is 9.59 Å². The van der Waals surface area contributed by atoms with E-state index in [2.05, 4.69) is 10.3 Å². The first-order valence-electron chi connectivity index (χ1n) is 10.1. The minimum absolute atomic E-state index is 0.0331. The number of methoxy groups -OCH3 is 1. The van der Waals surface area contributed by atoms with Crippen molar-refractivity contribution in [3.05, 3.63) is 84.7 Å². The summed E-state index contributed by atoms with van der Waals surface area (Å²) in [7, 11) is 1.58. The lowest BCUT2D eigenvalue weighted by molar-refractivity contribution is -0.124. The van der Waals surface area contributed by atoms with Crippen molar-refractivity contribution in [3.63, 3.8) is 0 Å². The number of carbonyl (C=O) groups excluding carboxylic acids is 2. The Morgan fingerprint density at radius 2 is 1.84 bits per heavy atom. The normalized spacial score (nSPS) is 15.7. The number of benzene rings is 2. The fourth-order valence-electron chi connectivity index (χ4n) is 3.58. The first-order chi connectivity index (χ1) is 15.6. The van der Waals surface area contributed by atoms with E-state index in [1.807, 2.05) is 42.5 Å². The molecule has 1 aliphatic rings. The predicted octanol–water partition coefficient (Wildman–Crippen LogP) is 3.62. The summed E-state index contributed by atoms with van der Waals surface area (Å²) < 4.78 is 5.14. The predicted molar refractivity (Wildman–Crippen MR) is 126 cm³/mol. The summed E-state index contributed by atoms with van der Waals surface area (Å²) in [6.45, 7) is 0.377. The maximum absolute atomic E-state index is 13.4. The largest absolute Gasteiger partial charge is 0.497 e. The fraction of sp³-hybridized carbons (Fsp3) is 0.167. The molecule has 4 rings (SSSR count). The van der Waals surface area contributed by atoms with Crippen LogP contribution < -0.4 is 15.0 Å². The van der Waals surface area contributed by atoms with E-state index in [-0.39, 0.29) is 18.2 Å². The van der Waals surface area contributed by atoms with Crippen molar-refractivity contribution in [3.8, 4) is 5.75 Å². The van der Waals surface area contributed by atoms with Crippen LogP contribution in [-0.2, 0) is 16.1 Å². The van der Waals surface area contributed by atoms with E-state index >= 15 is 0 Å². The fourth-order valence-corrected chi connectivity index (χ4v) is 3.97. The number of para-hydroxylation sites is 1. The molecule has 0 spiro atoms. The van der Waals surface area contributed by atoms with Gasteiger partial charge < -0.3 is 15.0 Å². The number of carbonyl (C=O) groups is 2. The Kier molecular flexibility index (Phi) is 6.42. The molecule has 0 unspecified atom stereocenters. The molecule has 0 radical (unpaired) electrons. The molecule has 1 N–H and O–H groups in total. The highest BCUT2D eigenvalue weighted by atomic mass is 32.1. The molecule has 0 bridgehead atoms. The van der Waals surface area contributed by atoms with Gasteiger partial charge in [0.2, 0.25) is 5.91 Å². The van der Waals surface area contributed by atoms with Gasteiger partial charge in [0.25, 0.3) is 5.91 Å². The van der Waals surface area contributed by atoms with Crippen LogP contribution in [0.2, 0.25) is 0 Å². The molecule has 1 aromatic heterocycles. The number of anilines is 2. The van der Waals surface area contributed by atoms with Gasteiger partial charge in [0, 0.05) is 24.6 Å². The highest BCUT2D eigenvalue weighted by Crippen LogP contribution is 2.28. The van der Waals surface area contributed by atoms with Crippen molar-refractivity contribution in [1.82, 2.24) is 9.88 Å². The summed E-state index contributed by atoms with van der Waals surface area (Å²) in [6.07, 6.45) is 3.38. The summed E-state index contributed by atoms with van der Waals surface area (Å²) >= 11 is 5.67. The van der Waals surface area contributed by atoms with Crippen LogP contribution in [0.15, 0.2) is 79.1 Å². The molecule has 3 aromatic rings. The monoisotopic (exact) mass is 446 g/mol. The Morgan fingerprint density at radius 1 is 1.09 bits per heavy atom. The number of rotatable bonds is 7. The average Bonchev–Trinajstić information content (AvgIpc) is 3.04. The maximum Gasteiger partial charge on any atom is 0.256 e. The third kappa shape index (κ3) is 4.60. The van der Waals surface area contributed by atoms with Gasteiger partial charge in [0.15, 0.2) is 5.11 Å². The molecule has 1 fully saturated rings. The molecule has 2 heterocycles. The second-order valence-corrected chi connectivity index (χ2v) is 7.64. The minimum atomic E-state index is -0.721. The molecule has 32 heavy (non-hydrogen) atoms. The van der Waals surface area contributed by atoms with Crippen molar-refractivity contribution in [2.45, 2.75) is 19.0 Å². The number of thiocarbonyl (C=S) groups is 1. The Balaban J connectivity index is 1.56. The molecule has 0 saturated carbocycles. The number of aromatic nitrogens is 1. The van der Waals surface area contributed by atoms with Gasteiger partial charge in [0.05, 0.1) is 19.2 Å². The summed E-state index contributed by atoms with van der Waals surface area (Å²) in [5, 5.41) is 3.21. The van der Waals surface area contributed by atoms with E-state index in [0.717, 1.165) is 5.56 Å². The van der Waals surface area contributed by atoms with Gasteiger partial charge in [-0.2, -0.15) is 0 Å². The Labute approximate surface area is 191 Å². The first kappa shape index (κ1) is 21.5. The summed E-state index contributed by atoms with van der Waals surface area (Å²) in [4.78, 5) is 33.6. The lowest BCUT2D eigenvalue weighted by Gasteiger charge is -2.23. The van der Waals surface area contributed by atoms with Gasteiger partial charge in [-0.05, 0) is 60.2 Å². The van der Waals surface area contributed by atoms with Crippen LogP contribution in [0.3, 0.4) is 0 Å². The number of pyridine rings is 1. The van der Waals surface area contributed by atoms with Gasteiger partial charge in [-0.15, -0.1) is 0 Å². The maximum atomic E-state index is 13.4. The smallest absolute Gasteiger partial charge is 0.256 e. The van der Waals surface area contributed by atoms with Crippen molar-refractivity contribution in [2.75, 3.05) is 17.3 Å². The number of hydrogen-bond acceptors (Lipinski definition) is 5. The summed E-state index contributed by atoms with van der Waals surface area (Å²) in [5.41, 5.74) is 2.21. The van der Waals surface area contributed by atoms with Crippen molar-refractivity contribution in [1.29, 1.82) is 0 Å². The molecule has 0 aliphatic carbocycles. The molecule has 1 saturated heterocycles. The van der Waals surface area contributed by atoms with E-state index < -0.39 is 6.04 Å². The standard InChI is InChI=1S/C24H22N4O3S/c1-31-20-11-9-18(10-12-20)26-22(29)14-21-23(30)28(19-7-3-2-4-8-19)24(32)27(21)16-17-6-5-13-25-15-17/h2-13,15,21H,14,16H2,1H3,(H,26,29)/t21-/m0/s1. The van der Waals surface area contributed by atoms with Gasteiger partial charge in [-0.25, -0.2) is 0 Å². The van der Waals surface area contributed by atoms with Crippen LogP contribution in [0.5, 0.6) is 5.75 Å². The zero-order valence-corrected chi connectivity index (χ0v) is 18.3. The Hall–Kier alpha value is -3.78. The summed E-state index contributed by atoms with van der Waals surface area (Å²) in [5.74, 6) is 0.192. The van der Waals surface area contributed by atoms with E-state index in [1.165, 1.54) is 4.90 Å². The van der Waals surface area contributed by atoms with E-state index in [1.54, 1.807) is 48.7 Å². The topological polar surface area (TPSA) is 74.8 Å². The van der Waals surface area contributed by atoms with Crippen LogP contribution in [0, 0.1) is 0 Å². The molecular weight excluding hydrogens is 424 g/mol. The third-order valence-electron chi connectivity index (χ3n) is 5.16. The Morgan fingerprint density at radius 3 is 2.50 bits per heavy atom. The van der Waals surface area contributed by atoms with Crippen LogP contribution in [0.1, 0.15) is 12.0 Å². The lowest BCUT2D eigenvalue weighted by Crippen LogP contribution is -2.37. The number of ether oxygens (including phenoxy) is 1. The highest BCUT2D eigenvalue weighted by molar-refractivity contribution is 7.80. The SMILES string of the molecule is COc1ccc(NC(=O)C[C@H]2C(=O)N(c3ccccc3)C(=S)N2Cc2cccnc2)cc1. The zero-order valence-electron chi connectivity index (χ0n) is 17.5. The summed E-state index contributed by atoms with van der Waals surface area (Å²) in [6, 6.07) is 19.3. The average molecular weight is 447 g/mol. The highest BCUT2D eigenvalue weighted by Gasteiger charge is 2.44. The Bertz CT molecular complexity index is 1110. The van der Waals surface area contributed by atoms with E-state index in [0.29, 0.717) is 28.8 Å². The quantitative estimate of drug-likeness (QED) is 0.559. The van der Waals surface area contributed by atoms with Crippen LogP contribution >= 0.6 is 12.2 Å². The second-order valence-electron chi connectivity index (χ2n) is 7.28. The van der Waals surface area contributed by atoms with E-state index in [4.69, 9.17) is 17.0 Å². The number of nitrogens with zero attached hydrogens (tertiary/aromatic N) is 3. The third-order valence-corrected chi connectivity index (χ3v) is 5.58. The molecule has 7 nitrogen and oxygen atoms in total. The van der Waals surface area contributed by atoms with Crippen molar-refractivity contribution >= 4 is 40.5 Å². The number of amides is 2. The molecular formula is C24H22N4O3S. The van der Waals surface area contributed by atoms with Crippen LogP contribution in [0.4, 0.5) is 11.4 Å². The van der Waals surface area contributed by atoms with Gasteiger partial charge in [0.1, 0.15) is 11.8 Å². The molecule has 2 aromatic carbocycles. The van der Waals surface area contributed by atoms with Crippen LogP contribution in [-0.4, -0.2) is 40.0 Å². The van der Waals surface area contributed by atoms with Crippen molar-refractivity contribution in [2.24, 2.45) is 0 Å². The second kappa shape index (κ2) is 9.57. The van der Waals surface area contributed by atoms with Crippen molar-refractivity contribution < 1.29 is 14.3 Å². The van der Waals surface area contributed by atoms with Gasteiger partial charge in [-0.3, -0.25) is 19.5 Å². The molecule has 1 atom stereocenters. The first-order valence-corrected chi connectivity index (χ1v) is 10.5. The molecule has 1 aliphatic heterocycles. The minimum Gasteiger partial charge on any atom is -0.497 e. The molecule has 8 heteroatoms. The molecule has 162 valence electrons. The lowest BCUT2D eigenvalue weighted by atomic mass is 10.1. The molecule has 2 amide bonds. The number of nitrogens with one attached hydrogen (secondary N) is 1.